The van der Waals surface area contributed by atoms with Crippen LogP contribution >= 0.6 is 0 Å². The van der Waals surface area contributed by atoms with Crippen LogP contribution in [0.2, 0.25) is 0 Å². The second-order valence-corrected chi connectivity index (χ2v) is 3.89. The Morgan fingerprint density at radius 2 is 2.29 bits per heavy atom. The van der Waals surface area contributed by atoms with Gasteiger partial charge < -0.3 is 9.88 Å². The van der Waals surface area contributed by atoms with Gasteiger partial charge in [-0.3, -0.25) is 0 Å². The molecule has 2 heterocycles. The molecule has 1 N–H and O–H groups in total. The number of rotatable bonds is 1. The van der Waals surface area contributed by atoms with Gasteiger partial charge in [-0.1, -0.05) is 12.0 Å². The number of hydrogen-bond donors (Lipinski definition) is 1. The van der Waals surface area contributed by atoms with Crippen LogP contribution < -0.4 is 10.8 Å². The number of aromatic nitrogens is 1. The summed E-state index contributed by atoms with van der Waals surface area (Å²) in [5, 5.41) is 3.03. The number of aliphatic imine (C=N–C) groups is 1. The fourth-order valence-corrected chi connectivity index (χ4v) is 1.78. The summed E-state index contributed by atoms with van der Waals surface area (Å²) >= 11 is 0. The lowest BCUT2D eigenvalue weighted by molar-refractivity contribution is 0.608. The number of nitrogens with one attached hydrogen (secondary N) is 1. The zero-order chi connectivity index (χ0) is 10.3. The van der Waals surface area contributed by atoms with Crippen LogP contribution in [0.5, 0.6) is 0 Å². The molecule has 0 amide bonds. The minimum absolute atomic E-state index is 0.431. The molecule has 0 aliphatic carbocycles. The van der Waals surface area contributed by atoms with Crippen LogP contribution in [0.3, 0.4) is 0 Å². The van der Waals surface area contributed by atoms with Crippen molar-refractivity contribution in [3.63, 3.8) is 0 Å². The van der Waals surface area contributed by atoms with Gasteiger partial charge >= 0.3 is 0 Å². The summed E-state index contributed by atoms with van der Waals surface area (Å²) in [6.07, 6.45) is 3.83. The van der Waals surface area contributed by atoms with Crippen molar-refractivity contribution in [3.05, 3.63) is 18.3 Å². The summed E-state index contributed by atoms with van der Waals surface area (Å²) in [6, 6.07) is 0.431. The third-order valence-electron chi connectivity index (χ3n) is 2.48. The average Bonchev–Trinajstić information content (AvgIpc) is 2.45. The molecular weight excluding hydrogens is 173 g/mol. The molecular formula is C10H14BN3. The van der Waals surface area contributed by atoms with E-state index in [0.717, 1.165) is 17.1 Å². The van der Waals surface area contributed by atoms with E-state index in [9.17, 15) is 0 Å². The second-order valence-electron chi connectivity index (χ2n) is 3.89. The van der Waals surface area contributed by atoms with Gasteiger partial charge in [0.1, 0.15) is 13.7 Å². The highest BCUT2D eigenvalue weighted by Crippen LogP contribution is 2.28. The molecule has 72 valence electrons. The minimum Gasteiger partial charge on any atom is -0.346 e. The van der Waals surface area contributed by atoms with Gasteiger partial charge in [-0.2, -0.15) is 0 Å². The van der Waals surface area contributed by atoms with E-state index in [4.69, 9.17) is 0 Å². The van der Waals surface area contributed by atoms with E-state index in [2.05, 4.69) is 49.3 Å². The van der Waals surface area contributed by atoms with Gasteiger partial charge in [-0.05, 0) is 13.8 Å². The first-order chi connectivity index (χ1) is 6.61. The van der Waals surface area contributed by atoms with Gasteiger partial charge in [0.25, 0.3) is 0 Å². The Bertz CT molecular complexity index is 415. The highest BCUT2D eigenvalue weighted by molar-refractivity contribution is 6.35. The molecule has 0 radical (unpaired) electrons. The van der Waals surface area contributed by atoms with E-state index in [1.165, 1.54) is 5.46 Å². The number of fused-ring (bicyclic) bond motifs is 1. The maximum atomic E-state index is 4.35. The third-order valence-corrected chi connectivity index (χ3v) is 2.48. The van der Waals surface area contributed by atoms with Crippen molar-refractivity contribution >= 4 is 31.2 Å². The zero-order valence-electron chi connectivity index (χ0n) is 8.83. The van der Waals surface area contributed by atoms with Crippen molar-refractivity contribution in [1.82, 2.24) is 9.88 Å². The molecule has 1 aliphatic heterocycles. The Kier molecular flexibility index (Phi) is 1.99. The van der Waals surface area contributed by atoms with Gasteiger partial charge in [0, 0.05) is 23.5 Å². The van der Waals surface area contributed by atoms with Crippen molar-refractivity contribution in [2.75, 3.05) is 0 Å². The lowest BCUT2D eigenvalue weighted by Gasteiger charge is -2.15. The summed E-state index contributed by atoms with van der Waals surface area (Å²) in [7, 11) is 2.09. The predicted molar refractivity (Wildman–Crippen MR) is 63.3 cm³/mol. The van der Waals surface area contributed by atoms with E-state index in [1.54, 1.807) is 6.34 Å². The largest absolute Gasteiger partial charge is 0.346 e. The van der Waals surface area contributed by atoms with Crippen LogP contribution in [0, 0.1) is 0 Å². The van der Waals surface area contributed by atoms with Crippen LogP contribution in [0.15, 0.2) is 17.8 Å². The van der Waals surface area contributed by atoms with E-state index in [-0.39, 0.29) is 0 Å². The Labute approximate surface area is 84.9 Å². The molecule has 0 spiro atoms. The van der Waals surface area contributed by atoms with E-state index >= 15 is 0 Å². The fraction of sp³-hybridized carbons (Fsp3) is 0.300. The zero-order valence-corrected chi connectivity index (χ0v) is 8.83. The molecule has 2 rings (SSSR count). The van der Waals surface area contributed by atoms with E-state index in [1.807, 2.05) is 0 Å². The molecule has 0 saturated heterocycles. The predicted octanol–water partition coefficient (Wildman–Crippen LogP) is 0.561. The monoisotopic (exact) mass is 187 g/mol. The van der Waals surface area contributed by atoms with Crippen LogP contribution in [0.25, 0.3) is 5.70 Å². The SMILES string of the molecule is Bc1cn(C(C)C)c2c1C(=C)NC=N2. The Morgan fingerprint density at radius 3 is 2.93 bits per heavy atom. The first-order valence-electron chi connectivity index (χ1n) is 4.81. The molecule has 14 heavy (non-hydrogen) atoms. The molecule has 0 saturated carbocycles. The normalized spacial score (nSPS) is 14.4. The minimum atomic E-state index is 0.431. The smallest absolute Gasteiger partial charge is 0.143 e. The lowest BCUT2D eigenvalue weighted by Crippen LogP contribution is -2.17. The lowest BCUT2D eigenvalue weighted by atomic mass is 9.93. The maximum Gasteiger partial charge on any atom is 0.143 e. The maximum absolute atomic E-state index is 4.35. The van der Waals surface area contributed by atoms with Gasteiger partial charge in [0.2, 0.25) is 0 Å². The van der Waals surface area contributed by atoms with Crippen molar-refractivity contribution in [1.29, 1.82) is 0 Å². The second kappa shape index (κ2) is 3.05. The van der Waals surface area contributed by atoms with Gasteiger partial charge in [0.05, 0.1) is 6.34 Å². The van der Waals surface area contributed by atoms with Crippen molar-refractivity contribution < 1.29 is 0 Å². The molecule has 0 aromatic carbocycles. The van der Waals surface area contributed by atoms with Gasteiger partial charge in [-0.15, -0.1) is 0 Å². The summed E-state index contributed by atoms with van der Waals surface area (Å²) in [6.45, 7) is 8.28. The Balaban J connectivity index is 2.65. The highest BCUT2D eigenvalue weighted by Gasteiger charge is 2.18. The summed E-state index contributed by atoms with van der Waals surface area (Å²) < 4.78 is 2.17. The molecule has 4 heteroatoms. The average molecular weight is 187 g/mol. The molecule has 1 aromatic heterocycles. The summed E-state index contributed by atoms with van der Waals surface area (Å²) in [4.78, 5) is 4.35. The van der Waals surface area contributed by atoms with E-state index < -0.39 is 0 Å². The molecule has 1 aliphatic rings. The first kappa shape index (κ1) is 9.12. The Morgan fingerprint density at radius 1 is 1.57 bits per heavy atom. The van der Waals surface area contributed by atoms with Crippen molar-refractivity contribution in [2.24, 2.45) is 4.99 Å². The van der Waals surface area contributed by atoms with Gasteiger partial charge in [-0.25, -0.2) is 4.99 Å². The van der Waals surface area contributed by atoms with Crippen LogP contribution in [0.4, 0.5) is 5.82 Å². The fourth-order valence-electron chi connectivity index (χ4n) is 1.78. The van der Waals surface area contributed by atoms with Crippen LogP contribution in [0.1, 0.15) is 25.5 Å². The quantitative estimate of drug-likeness (QED) is 0.639. The highest BCUT2D eigenvalue weighted by atomic mass is 15.1. The molecule has 0 atom stereocenters. The standard InChI is InChI=1S/C10H14BN3/c1-6(2)14-4-8(11)9-7(3)12-5-13-10(9)14/h4-6H,3,11H2,1-2H3,(H,12,13). The molecule has 3 nitrogen and oxygen atoms in total. The van der Waals surface area contributed by atoms with Crippen molar-refractivity contribution in [2.45, 2.75) is 19.9 Å². The first-order valence-corrected chi connectivity index (χ1v) is 4.81. The summed E-state index contributed by atoms with van der Waals surface area (Å²) in [5.41, 5.74) is 3.30. The summed E-state index contributed by atoms with van der Waals surface area (Å²) in [5.74, 6) is 1.02. The molecule has 0 fully saturated rings. The number of nitrogens with zero attached hydrogens (tertiary/aromatic N) is 2. The van der Waals surface area contributed by atoms with Gasteiger partial charge in [0.15, 0.2) is 0 Å². The molecule has 0 bridgehead atoms. The van der Waals surface area contributed by atoms with Crippen LogP contribution in [-0.4, -0.2) is 18.8 Å². The Hall–Kier alpha value is -1.45. The molecule has 0 unspecified atom stereocenters. The third kappa shape index (κ3) is 1.18. The topological polar surface area (TPSA) is 29.3 Å². The molecule has 1 aromatic rings. The number of hydrogen-bond acceptors (Lipinski definition) is 2. The van der Waals surface area contributed by atoms with Crippen molar-refractivity contribution in [3.8, 4) is 0 Å². The van der Waals surface area contributed by atoms with Crippen LogP contribution in [-0.2, 0) is 0 Å². The van der Waals surface area contributed by atoms with E-state index in [0.29, 0.717) is 6.04 Å².